The topological polar surface area (TPSA) is 138 Å². The quantitative estimate of drug-likeness (QED) is 0.205. The molecule has 0 radical (unpaired) electrons. The van der Waals surface area contributed by atoms with Crippen LogP contribution in [0.5, 0.6) is 0 Å². The van der Waals surface area contributed by atoms with Crippen molar-refractivity contribution in [2.75, 3.05) is 13.2 Å². The van der Waals surface area contributed by atoms with Gasteiger partial charge in [-0.1, -0.05) is 0 Å². The van der Waals surface area contributed by atoms with Crippen molar-refractivity contribution in [2.45, 2.75) is 6.10 Å². The molecule has 0 aromatic heterocycles. The first-order chi connectivity index (χ1) is 4.81. The molecule has 0 aliphatic carbocycles. The second kappa shape index (κ2) is 10.7. The first kappa shape index (κ1) is 19.2. The Bertz CT molecular complexity index is 117. The maximum Gasteiger partial charge on any atom is 1.00 e. The Hall–Kier alpha value is 1.63. The molecule has 0 fully saturated rings. The summed E-state index contributed by atoms with van der Waals surface area (Å²) in [7, 11) is -4.64. The van der Waals surface area contributed by atoms with Crippen LogP contribution in [0.1, 0.15) is 1.43 Å². The Morgan fingerprint density at radius 2 is 1.33 bits per heavy atom. The molecule has 0 amide bonds. The van der Waals surface area contributed by atoms with Gasteiger partial charge in [-0.15, -0.1) is 0 Å². The zero-order valence-corrected chi connectivity index (χ0v) is 10.5. The van der Waals surface area contributed by atoms with E-state index in [1.54, 1.807) is 0 Å². The molecule has 0 unspecified atom stereocenters. The van der Waals surface area contributed by atoms with Crippen molar-refractivity contribution in [1.29, 1.82) is 0 Å². The van der Waals surface area contributed by atoms with Crippen molar-refractivity contribution < 1.29 is 87.4 Å². The third-order valence-corrected chi connectivity index (χ3v) is 0.421. The van der Waals surface area contributed by atoms with Crippen LogP contribution >= 0.6 is 7.82 Å². The summed E-state index contributed by atoms with van der Waals surface area (Å²) in [6.45, 7) is -0.729. The monoisotopic (exact) mass is 230 g/mol. The Kier molecular flexibility index (Phi) is 17.2. The SMILES string of the molecule is O=P(O)(O)O.OCC(O)CO.[H-].[K+]. The van der Waals surface area contributed by atoms with Gasteiger partial charge in [0.25, 0.3) is 0 Å². The van der Waals surface area contributed by atoms with Crippen LogP contribution in [0.15, 0.2) is 0 Å². The summed E-state index contributed by atoms with van der Waals surface area (Å²) in [5.74, 6) is 0. The molecule has 12 heavy (non-hydrogen) atoms. The van der Waals surface area contributed by atoms with E-state index in [0.29, 0.717) is 0 Å². The predicted octanol–water partition coefficient (Wildman–Crippen LogP) is -5.48. The van der Waals surface area contributed by atoms with E-state index in [1.807, 2.05) is 0 Å². The molecule has 0 aliphatic rings. The summed E-state index contributed by atoms with van der Waals surface area (Å²) in [5, 5.41) is 24.0. The number of aliphatic hydroxyl groups excluding tert-OH is 3. The Balaban J connectivity index is -0.0000000546. The molecule has 6 N–H and O–H groups in total. The fourth-order valence-electron chi connectivity index (χ4n) is 0.0577. The molecule has 7 nitrogen and oxygen atoms in total. The number of hydrogen-bond acceptors (Lipinski definition) is 4. The van der Waals surface area contributed by atoms with E-state index in [9.17, 15) is 0 Å². The summed E-state index contributed by atoms with van der Waals surface area (Å²) in [5.41, 5.74) is 0. The molecule has 0 rings (SSSR count). The summed E-state index contributed by atoms with van der Waals surface area (Å²) in [6, 6.07) is 0. The molecule has 0 aliphatic heterocycles. The van der Waals surface area contributed by atoms with Gasteiger partial charge in [0, 0.05) is 0 Å². The molecule has 0 bridgehead atoms. The van der Waals surface area contributed by atoms with Gasteiger partial charge in [-0.3, -0.25) is 0 Å². The molecule has 0 atom stereocenters. The van der Waals surface area contributed by atoms with Gasteiger partial charge in [0.15, 0.2) is 0 Å². The number of aliphatic hydroxyl groups is 3. The van der Waals surface area contributed by atoms with Gasteiger partial charge in [-0.2, -0.15) is 0 Å². The molecule has 0 saturated carbocycles. The van der Waals surface area contributed by atoms with Crippen LogP contribution in [0, 0.1) is 0 Å². The van der Waals surface area contributed by atoms with Crippen molar-refractivity contribution >= 4 is 7.82 Å². The van der Waals surface area contributed by atoms with Crippen molar-refractivity contribution in [3.63, 3.8) is 0 Å². The fourth-order valence-corrected chi connectivity index (χ4v) is 0.0577. The van der Waals surface area contributed by atoms with Crippen molar-refractivity contribution in [3.05, 3.63) is 0 Å². The molecular weight excluding hydrogens is 218 g/mol. The van der Waals surface area contributed by atoms with E-state index in [-0.39, 0.29) is 66.0 Å². The Labute approximate surface area is 113 Å². The van der Waals surface area contributed by atoms with Crippen molar-refractivity contribution in [2.24, 2.45) is 0 Å². The Morgan fingerprint density at radius 1 is 1.17 bits per heavy atom. The van der Waals surface area contributed by atoms with Crippen LogP contribution in [-0.4, -0.2) is 49.3 Å². The summed E-state index contributed by atoms with van der Waals surface area (Å²) < 4.78 is 8.88. The molecule has 0 saturated heterocycles. The maximum absolute atomic E-state index is 8.88. The first-order valence-electron chi connectivity index (χ1n) is 2.49. The van der Waals surface area contributed by atoms with Gasteiger partial charge in [-0.05, 0) is 0 Å². The molecule has 9 heteroatoms. The van der Waals surface area contributed by atoms with E-state index >= 15 is 0 Å². The number of phosphoric acid groups is 1. The minimum absolute atomic E-state index is 0. The summed E-state index contributed by atoms with van der Waals surface area (Å²) >= 11 is 0. The average molecular weight is 230 g/mol. The van der Waals surface area contributed by atoms with Gasteiger partial charge >= 0.3 is 59.2 Å². The second-order valence-electron chi connectivity index (χ2n) is 1.53. The third-order valence-electron chi connectivity index (χ3n) is 0.421. The molecule has 0 aromatic rings. The van der Waals surface area contributed by atoms with Gasteiger partial charge < -0.3 is 31.4 Å². The van der Waals surface area contributed by atoms with Gasteiger partial charge in [0.1, 0.15) is 6.10 Å². The summed E-state index contributed by atoms with van der Waals surface area (Å²) in [6.07, 6.45) is -0.954. The largest absolute Gasteiger partial charge is 1.00 e. The van der Waals surface area contributed by atoms with E-state index in [1.165, 1.54) is 0 Å². The van der Waals surface area contributed by atoms with Crippen LogP contribution in [-0.2, 0) is 4.57 Å². The van der Waals surface area contributed by atoms with Gasteiger partial charge in [0.05, 0.1) is 13.2 Å². The first-order valence-corrected chi connectivity index (χ1v) is 4.05. The Morgan fingerprint density at radius 3 is 1.33 bits per heavy atom. The molecule has 0 spiro atoms. The minimum atomic E-state index is -4.64. The zero-order chi connectivity index (χ0) is 9.49. The number of rotatable bonds is 2. The van der Waals surface area contributed by atoms with Crippen LogP contribution in [0.4, 0.5) is 0 Å². The summed E-state index contributed by atoms with van der Waals surface area (Å²) in [4.78, 5) is 21.6. The van der Waals surface area contributed by atoms with Crippen molar-refractivity contribution in [1.82, 2.24) is 0 Å². The van der Waals surface area contributed by atoms with Crippen LogP contribution in [0.25, 0.3) is 0 Å². The van der Waals surface area contributed by atoms with E-state index in [2.05, 4.69) is 0 Å². The second-order valence-corrected chi connectivity index (χ2v) is 2.56. The molecular formula is C3H12KO7P. The minimum Gasteiger partial charge on any atom is -1.00 e. The molecule has 0 aromatic carbocycles. The smallest absolute Gasteiger partial charge is 1.00 e. The zero-order valence-electron chi connectivity index (χ0n) is 7.53. The predicted molar refractivity (Wildman–Crippen MR) is 35.6 cm³/mol. The fraction of sp³-hybridized carbons (Fsp3) is 1.00. The van der Waals surface area contributed by atoms with E-state index < -0.39 is 13.9 Å². The maximum atomic E-state index is 8.88. The van der Waals surface area contributed by atoms with Crippen LogP contribution in [0.3, 0.4) is 0 Å². The van der Waals surface area contributed by atoms with Crippen LogP contribution in [0.2, 0.25) is 0 Å². The standard InChI is InChI=1S/C3H8O3.K.H3O4P.H/c4-1-3(6)2-5;;1-5(2,3)4;/h3-6H,1-2H2;;(H3,1,2,3,4);/q;+1;;-1. The average Bonchev–Trinajstić information content (AvgIpc) is 1.83. The van der Waals surface area contributed by atoms with Gasteiger partial charge in [0.2, 0.25) is 0 Å². The van der Waals surface area contributed by atoms with E-state index in [0.717, 1.165) is 0 Å². The molecule has 0 heterocycles. The van der Waals surface area contributed by atoms with E-state index in [4.69, 9.17) is 34.6 Å². The number of hydrogen-bond donors (Lipinski definition) is 6. The third kappa shape index (κ3) is 41.5. The molecule has 72 valence electrons. The van der Waals surface area contributed by atoms with Gasteiger partial charge in [-0.25, -0.2) is 4.57 Å². The normalized spacial score (nSPS) is 9.92. The van der Waals surface area contributed by atoms with Crippen molar-refractivity contribution in [3.8, 4) is 0 Å². The van der Waals surface area contributed by atoms with Crippen LogP contribution < -0.4 is 51.4 Å².